The Kier molecular flexibility index (Phi) is 7.70. The second kappa shape index (κ2) is 10.1. The molecule has 1 aromatic heterocycles. The number of aliphatic hydroxyl groups excluding tert-OH is 2. The highest BCUT2D eigenvalue weighted by Gasteiger charge is 2.49. The zero-order valence-corrected chi connectivity index (χ0v) is 18.8. The summed E-state index contributed by atoms with van der Waals surface area (Å²) in [6.45, 7) is 0. The molecule has 1 aromatic carbocycles. The molecule has 178 valence electrons. The van der Waals surface area contributed by atoms with E-state index in [1.165, 1.54) is 17.4 Å². The van der Waals surface area contributed by atoms with Gasteiger partial charge in [0.2, 0.25) is 5.91 Å². The molecule has 9 nitrogen and oxygen atoms in total. The van der Waals surface area contributed by atoms with Crippen molar-refractivity contribution in [2.45, 2.75) is 49.2 Å². The Hall–Kier alpha value is -2.57. The largest absolute Gasteiger partial charge is 0.390 e. The second-order valence-corrected chi connectivity index (χ2v) is 9.36. The Morgan fingerprint density at radius 2 is 2.00 bits per heavy atom. The van der Waals surface area contributed by atoms with Crippen molar-refractivity contribution in [1.82, 2.24) is 10.6 Å². The van der Waals surface area contributed by atoms with Crippen LogP contribution in [0.1, 0.15) is 28.1 Å². The first-order chi connectivity index (χ1) is 15.5. The van der Waals surface area contributed by atoms with Crippen molar-refractivity contribution < 1.29 is 34.1 Å². The van der Waals surface area contributed by atoms with E-state index in [1.54, 1.807) is 17.5 Å². The van der Waals surface area contributed by atoms with Gasteiger partial charge in [0.25, 0.3) is 11.8 Å². The number of thiophene rings is 1. The Morgan fingerprint density at radius 3 is 2.61 bits per heavy atom. The van der Waals surface area contributed by atoms with Crippen molar-refractivity contribution in [3.63, 3.8) is 0 Å². The van der Waals surface area contributed by atoms with Crippen LogP contribution in [-0.4, -0.2) is 62.9 Å². The number of nitrogens with two attached hydrogens (primary N) is 1. The maximum absolute atomic E-state index is 13.4. The molecule has 1 aliphatic rings. The van der Waals surface area contributed by atoms with Gasteiger partial charge in [-0.25, -0.2) is 4.39 Å². The van der Waals surface area contributed by atoms with E-state index in [4.69, 9.17) is 17.3 Å². The van der Waals surface area contributed by atoms with E-state index >= 15 is 0 Å². The standard InChI is InChI=1S/C21H23ClFN3O6S/c22-12-6-10(3-4-13(12)23)19(30)25-15-8-21(32,9-16(27)17(15)28)20(31)26-14(18(24)29)7-11-2-1-5-33-11/h1-6,14-17,27-28,32H,7-9H2,(H2,24,29)(H,25,30)(H,26,31)/t14-,15-,16+,17+,21+/m0/s1. The molecule has 0 saturated heterocycles. The Morgan fingerprint density at radius 1 is 1.27 bits per heavy atom. The van der Waals surface area contributed by atoms with Crippen molar-refractivity contribution >= 4 is 40.7 Å². The van der Waals surface area contributed by atoms with Crippen LogP contribution in [0.5, 0.6) is 0 Å². The molecule has 3 amide bonds. The predicted molar refractivity (Wildman–Crippen MR) is 118 cm³/mol. The van der Waals surface area contributed by atoms with Crippen molar-refractivity contribution in [1.29, 1.82) is 0 Å². The highest BCUT2D eigenvalue weighted by Crippen LogP contribution is 2.30. The molecule has 1 aliphatic carbocycles. The lowest BCUT2D eigenvalue weighted by Crippen LogP contribution is -2.64. The molecule has 5 atom stereocenters. The number of benzene rings is 1. The molecule has 2 aromatic rings. The zero-order valence-electron chi connectivity index (χ0n) is 17.2. The molecule has 1 heterocycles. The Balaban J connectivity index is 1.73. The van der Waals surface area contributed by atoms with Gasteiger partial charge in [-0.05, 0) is 29.6 Å². The molecular formula is C21H23ClFN3O6S. The molecule has 0 unspecified atom stereocenters. The van der Waals surface area contributed by atoms with E-state index in [2.05, 4.69) is 10.6 Å². The summed E-state index contributed by atoms with van der Waals surface area (Å²) in [6, 6.07) is 4.43. The van der Waals surface area contributed by atoms with Crippen LogP contribution < -0.4 is 16.4 Å². The third kappa shape index (κ3) is 5.87. The van der Waals surface area contributed by atoms with Crippen LogP contribution in [-0.2, 0) is 16.0 Å². The molecular weight excluding hydrogens is 477 g/mol. The molecule has 3 rings (SSSR count). The Bertz CT molecular complexity index is 1040. The second-order valence-electron chi connectivity index (χ2n) is 7.92. The Labute approximate surface area is 197 Å². The summed E-state index contributed by atoms with van der Waals surface area (Å²) in [5, 5.41) is 37.9. The van der Waals surface area contributed by atoms with E-state index in [1.807, 2.05) is 0 Å². The van der Waals surface area contributed by atoms with Crippen LogP contribution in [0, 0.1) is 5.82 Å². The van der Waals surface area contributed by atoms with Crippen LogP contribution in [0.15, 0.2) is 35.7 Å². The number of amides is 3. The first-order valence-electron chi connectivity index (χ1n) is 9.97. The summed E-state index contributed by atoms with van der Waals surface area (Å²) in [7, 11) is 0. The minimum absolute atomic E-state index is 0.0219. The lowest BCUT2D eigenvalue weighted by atomic mass is 9.77. The smallest absolute Gasteiger partial charge is 0.252 e. The minimum atomic E-state index is -2.21. The van der Waals surface area contributed by atoms with E-state index in [0.717, 1.165) is 17.0 Å². The fourth-order valence-corrected chi connectivity index (χ4v) is 4.59. The molecule has 0 aliphatic heterocycles. The summed E-state index contributed by atoms with van der Waals surface area (Å²) in [4.78, 5) is 38.0. The topological polar surface area (TPSA) is 162 Å². The van der Waals surface area contributed by atoms with Gasteiger partial charge in [-0.3, -0.25) is 14.4 Å². The van der Waals surface area contributed by atoms with E-state index in [-0.39, 0.29) is 17.0 Å². The van der Waals surface area contributed by atoms with Crippen LogP contribution in [0.4, 0.5) is 4.39 Å². The predicted octanol–water partition coefficient (Wildman–Crippen LogP) is 0.0985. The van der Waals surface area contributed by atoms with Gasteiger partial charge in [0.05, 0.1) is 17.2 Å². The molecule has 1 saturated carbocycles. The van der Waals surface area contributed by atoms with Crippen LogP contribution in [0.25, 0.3) is 0 Å². The normalized spacial score (nSPS) is 25.8. The quantitative estimate of drug-likeness (QED) is 0.316. The third-order valence-electron chi connectivity index (χ3n) is 5.47. The average molecular weight is 500 g/mol. The van der Waals surface area contributed by atoms with Gasteiger partial charge in [0.1, 0.15) is 23.6 Å². The molecule has 0 bridgehead atoms. The maximum atomic E-state index is 13.4. The fourth-order valence-electron chi connectivity index (χ4n) is 3.66. The minimum Gasteiger partial charge on any atom is -0.390 e. The number of hydrogen-bond donors (Lipinski definition) is 6. The zero-order chi connectivity index (χ0) is 24.3. The van der Waals surface area contributed by atoms with Crippen LogP contribution >= 0.6 is 22.9 Å². The van der Waals surface area contributed by atoms with Crippen molar-refractivity contribution in [2.24, 2.45) is 5.73 Å². The van der Waals surface area contributed by atoms with E-state index in [9.17, 15) is 34.1 Å². The van der Waals surface area contributed by atoms with Gasteiger partial charge in [-0.1, -0.05) is 17.7 Å². The molecule has 1 fully saturated rings. The van der Waals surface area contributed by atoms with Crippen LogP contribution in [0.2, 0.25) is 5.02 Å². The van der Waals surface area contributed by atoms with Crippen molar-refractivity contribution in [3.8, 4) is 0 Å². The van der Waals surface area contributed by atoms with Gasteiger partial charge >= 0.3 is 0 Å². The molecule has 33 heavy (non-hydrogen) atoms. The number of carbonyl (C=O) groups is 3. The first kappa shape index (κ1) is 25.1. The average Bonchev–Trinajstić information content (AvgIpc) is 3.26. The highest BCUT2D eigenvalue weighted by atomic mass is 35.5. The molecule has 7 N–H and O–H groups in total. The molecule has 0 spiro atoms. The van der Waals surface area contributed by atoms with Crippen molar-refractivity contribution in [3.05, 3.63) is 57.0 Å². The highest BCUT2D eigenvalue weighted by molar-refractivity contribution is 7.09. The van der Waals surface area contributed by atoms with Gasteiger partial charge in [-0.15, -0.1) is 11.3 Å². The van der Waals surface area contributed by atoms with Gasteiger partial charge < -0.3 is 31.7 Å². The summed E-state index contributed by atoms with van der Waals surface area (Å²) >= 11 is 7.05. The summed E-state index contributed by atoms with van der Waals surface area (Å²) < 4.78 is 13.4. The van der Waals surface area contributed by atoms with Gasteiger partial charge in [0.15, 0.2) is 0 Å². The number of primary amides is 1. The summed E-state index contributed by atoms with van der Waals surface area (Å²) in [6.07, 6.45) is -3.91. The number of carbonyl (C=O) groups excluding carboxylic acids is 3. The molecule has 12 heteroatoms. The maximum Gasteiger partial charge on any atom is 0.252 e. The summed E-state index contributed by atoms with van der Waals surface area (Å²) in [5.74, 6) is -3.27. The number of hydrogen-bond acceptors (Lipinski definition) is 7. The first-order valence-corrected chi connectivity index (χ1v) is 11.2. The lowest BCUT2D eigenvalue weighted by Gasteiger charge is -2.41. The number of nitrogens with one attached hydrogen (secondary N) is 2. The summed E-state index contributed by atoms with van der Waals surface area (Å²) in [5.41, 5.74) is 3.16. The number of rotatable bonds is 7. The van der Waals surface area contributed by atoms with E-state index in [0.29, 0.717) is 0 Å². The third-order valence-corrected chi connectivity index (χ3v) is 6.65. The van der Waals surface area contributed by atoms with Gasteiger partial charge in [-0.2, -0.15) is 0 Å². The number of aliphatic hydroxyl groups is 3. The number of halogens is 2. The fraction of sp³-hybridized carbons (Fsp3) is 0.381. The SMILES string of the molecule is NC(=O)[C@H](Cc1cccs1)NC(=O)[C@]1(O)C[C@@H](O)[C@H](O)[C@@H](NC(=O)c2ccc(F)c(Cl)c2)C1. The lowest BCUT2D eigenvalue weighted by molar-refractivity contribution is -0.159. The van der Waals surface area contributed by atoms with Gasteiger partial charge in [0, 0.05) is 29.7 Å². The monoisotopic (exact) mass is 499 g/mol. The van der Waals surface area contributed by atoms with Crippen molar-refractivity contribution in [2.75, 3.05) is 0 Å². The van der Waals surface area contributed by atoms with E-state index < -0.39 is 66.3 Å². The van der Waals surface area contributed by atoms with Crippen LogP contribution in [0.3, 0.4) is 0 Å². The molecule has 0 radical (unpaired) electrons.